The molecule has 10 heteroatoms. The zero-order chi connectivity index (χ0) is 37.1. The van der Waals surface area contributed by atoms with Gasteiger partial charge in [0.2, 0.25) is 0 Å². The molecule has 0 bridgehead atoms. The van der Waals surface area contributed by atoms with Gasteiger partial charge in [-0.3, -0.25) is 8.80 Å². The van der Waals surface area contributed by atoms with Crippen LogP contribution in [0.25, 0.3) is 120 Å². The molecule has 0 saturated heterocycles. The lowest BCUT2D eigenvalue weighted by molar-refractivity contribution is 1.24. The van der Waals surface area contributed by atoms with Crippen LogP contribution in [-0.2, 0) is 0 Å². The Labute approximate surface area is 312 Å². The molecule has 0 aliphatic rings. The second-order valence-corrected chi connectivity index (χ2v) is 14.3. The molecule has 13 aromatic rings. The largest absolute Gasteiger partial charge is 0.290 e. The van der Waals surface area contributed by atoms with Gasteiger partial charge in [0, 0.05) is 66.3 Å². The van der Waals surface area contributed by atoms with E-state index in [1.807, 2.05) is 60.7 Å². The summed E-state index contributed by atoms with van der Waals surface area (Å²) in [5.74, 6) is 0. The van der Waals surface area contributed by atoms with Crippen molar-refractivity contribution < 1.29 is 0 Å². The number of fused-ring (bicyclic) bond motifs is 22. The second kappa shape index (κ2) is 9.64. The van der Waals surface area contributed by atoms with Crippen LogP contribution in [0, 0.1) is 45.3 Å². The van der Waals surface area contributed by atoms with E-state index in [1.54, 1.807) is 12.4 Å². The Hall–Kier alpha value is -8.70. The molecule has 56 heavy (non-hydrogen) atoms. The summed E-state index contributed by atoms with van der Waals surface area (Å²) in [6, 6.07) is 36.9. The third-order valence-electron chi connectivity index (χ3n) is 11.6. The van der Waals surface area contributed by atoms with Crippen molar-refractivity contribution in [2.45, 2.75) is 0 Å². The predicted octanol–water partition coefficient (Wildman–Crippen LogP) is 9.67. The first-order valence-corrected chi connectivity index (χ1v) is 17.8. The fourth-order valence-corrected chi connectivity index (χ4v) is 9.52. The third-order valence-corrected chi connectivity index (χ3v) is 11.6. The van der Waals surface area contributed by atoms with E-state index in [-0.39, 0.29) is 0 Å². The Kier molecular flexibility index (Phi) is 4.96. The number of pyridine rings is 2. The second-order valence-electron chi connectivity index (χ2n) is 14.3. The molecule has 0 fully saturated rings. The molecular weight excluding hydrogens is 693 g/mol. The number of hydrogen-bond acceptors (Lipinski definition) is 8. The van der Waals surface area contributed by atoms with Crippen molar-refractivity contribution in [2.24, 2.45) is 0 Å². The van der Waals surface area contributed by atoms with E-state index < -0.39 is 0 Å². The van der Waals surface area contributed by atoms with E-state index >= 15 is 0 Å². The zero-order valence-electron chi connectivity index (χ0n) is 28.7. The maximum absolute atomic E-state index is 10.4. The van der Waals surface area contributed by atoms with E-state index in [0.29, 0.717) is 44.6 Å². The van der Waals surface area contributed by atoms with Crippen molar-refractivity contribution in [3.8, 4) is 24.3 Å². The summed E-state index contributed by atoms with van der Waals surface area (Å²) in [5, 5.41) is 51.0. The molecule has 250 valence electrons. The van der Waals surface area contributed by atoms with E-state index in [9.17, 15) is 21.0 Å². The molecule has 6 aromatic carbocycles. The first-order chi connectivity index (χ1) is 27.6. The number of rotatable bonds is 0. The summed E-state index contributed by atoms with van der Waals surface area (Å²) < 4.78 is 4.25. The highest BCUT2D eigenvalue weighted by atomic mass is 15.0. The summed E-state index contributed by atoms with van der Waals surface area (Å²) >= 11 is 0. The molecule has 0 aliphatic heterocycles. The Bertz CT molecular complexity index is 3950. The summed E-state index contributed by atoms with van der Waals surface area (Å²) in [5.41, 5.74) is 9.07. The highest BCUT2D eigenvalue weighted by Gasteiger charge is 2.30. The standard InChI is InChI=1S/C46H16N10/c47-15-21-9-29-31-13-23(17-49)19-51-45(31)55-41(29)33(11-21)35-39-40(54-38-28-8-4-2-6-26(28)25-5-1-3-7-27(25)37(38)53-39)36-34-12-22(16-48)10-30-32-14-24(18-50)20-52-46(32)56(42(30)34)44(36)43(35)55/h1-14,19-20H. The van der Waals surface area contributed by atoms with E-state index in [1.165, 1.54) is 0 Å². The monoisotopic (exact) mass is 708 g/mol. The van der Waals surface area contributed by atoms with Crippen molar-refractivity contribution in [3.05, 3.63) is 120 Å². The molecule has 0 N–H and O–H groups in total. The van der Waals surface area contributed by atoms with Gasteiger partial charge in [0.15, 0.2) is 0 Å². The topological polar surface area (TPSA) is 156 Å². The van der Waals surface area contributed by atoms with Gasteiger partial charge in [-0.1, -0.05) is 48.5 Å². The van der Waals surface area contributed by atoms with Crippen molar-refractivity contribution in [3.63, 3.8) is 0 Å². The first-order valence-electron chi connectivity index (χ1n) is 17.8. The molecule has 7 aromatic heterocycles. The van der Waals surface area contributed by atoms with Gasteiger partial charge in [0.25, 0.3) is 0 Å². The van der Waals surface area contributed by atoms with Crippen molar-refractivity contribution in [2.75, 3.05) is 0 Å². The van der Waals surface area contributed by atoms with Crippen LogP contribution in [-0.4, -0.2) is 28.7 Å². The van der Waals surface area contributed by atoms with Crippen LogP contribution < -0.4 is 0 Å². The molecule has 0 aliphatic carbocycles. The Balaban J connectivity index is 1.43. The summed E-state index contributed by atoms with van der Waals surface area (Å²) in [6.07, 6.45) is 3.14. The molecule has 0 amide bonds. The third kappa shape index (κ3) is 3.18. The van der Waals surface area contributed by atoms with Gasteiger partial charge < -0.3 is 0 Å². The first kappa shape index (κ1) is 28.8. The maximum Gasteiger partial charge on any atom is 0.145 e. The molecule has 0 atom stereocenters. The van der Waals surface area contributed by atoms with Crippen LogP contribution in [0.3, 0.4) is 0 Å². The quantitative estimate of drug-likeness (QED) is 0.111. The molecule has 10 nitrogen and oxygen atoms in total. The van der Waals surface area contributed by atoms with Crippen LogP contribution in [0.2, 0.25) is 0 Å². The van der Waals surface area contributed by atoms with Crippen LogP contribution in [0.15, 0.2) is 97.3 Å². The average molecular weight is 709 g/mol. The zero-order valence-corrected chi connectivity index (χ0v) is 28.7. The average Bonchev–Trinajstić information content (AvgIpc) is 3.98. The number of nitriles is 4. The van der Waals surface area contributed by atoms with Crippen molar-refractivity contribution >= 4 is 120 Å². The van der Waals surface area contributed by atoms with E-state index in [2.05, 4.69) is 57.3 Å². The number of aromatic nitrogens is 6. The summed E-state index contributed by atoms with van der Waals surface area (Å²) in [7, 11) is 0. The Morgan fingerprint density at radius 2 is 0.750 bits per heavy atom. The highest BCUT2D eigenvalue weighted by Crippen LogP contribution is 2.50. The van der Waals surface area contributed by atoms with Crippen LogP contribution in [0.1, 0.15) is 22.3 Å². The molecule has 0 spiro atoms. The van der Waals surface area contributed by atoms with E-state index in [0.717, 1.165) is 97.7 Å². The summed E-state index contributed by atoms with van der Waals surface area (Å²) in [4.78, 5) is 21.0. The molecular formula is C46H16N10. The van der Waals surface area contributed by atoms with Crippen LogP contribution >= 0.6 is 0 Å². The Morgan fingerprint density at radius 1 is 0.375 bits per heavy atom. The van der Waals surface area contributed by atoms with Gasteiger partial charge in [0.1, 0.15) is 34.5 Å². The van der Waals surface area contributed by atoms with Gasteiger partial charge in [-0.2, -0.15) is 21.0 Å². The Morgan fingerprint density at radius 3 is 1.16 bits per heavy atom. The van der Waals surface area contributed by atoms with Crippen molar-refractivity contribution in [1.29, 1.82) is 21.0 Å². The highest BCUT2D eigenvalue weighted by molar-refractivity contribution is 6.40. The van der Waals surface area contributed by atoms with Crippen molar-refractivity contribution in [1.82, 2.24) is 28.7 Å². The SMILES string of the molecule is N#Cc1cnc2c(c1)c1cc(C#N)cc3c4c5nc6c7ccccc7c7ccccc7c6nc5c5c6cc(C#N)cc7c8cc(C#N)cnc8n(c76)c5c4n2c13. The molecule has 0 saturated carbocycles. The lowest BCUT2D eigenvalue weighted by Crippen LogP contribution is -1.95. The smallest absolute Gasteiger partial charge is 0.145 e. The predicted molar refractivity (Wildman–Crippen MR) is 216 cm³/mol. The molecule has 0 radical (unpaired) electrons. The number of hydrogen-bond donors (Lipinski definition) is 0. The van der Waals surface area contributed by atoms with E-state index in [4.69, 9.17) is 19.9 Å². The van der Waals surface area contributed by atoms with Crippen LogP contribution in [0.4, 0.5) is 0 Å². The fraction of sp³-hybridized carbons (Fsp3) is 0. The van der Waals surface area contributed by atoms with Gasteiger partial charge >= 0.3 is 0 Å². The fourth-order valence-electron chi connectivity index (χ4n) is 9.52. The number of nitrogens with zero attached hydrogens (tertiary/aromatic N) is 10. The normalized spacial score (nSPS) is 12.2. The lowest BCUT2D eigenvalue weighted by Gasteiger charge is -2.12. The molecule has 0 unspecified atom stereocenters. The van der Waals surface area contributed by atoms with Gasteiger partial charge in [-0.05, 0) is 47.2 Å². The summed E-state index contributed by atoms with van der Waals surface area (Å²) in [6.45, 7) is 0. The van der Waals surface area contributed by atoms with Gasteiger partial charge in [-0.15, -0.1) is 0 Å². The lowest BCUT2D eigenvalue weighted by atomic mass is 9.98. The minimum atomic E-state index is 0.411. The number of benzene rings is 6. The van der Waals surface area contributed by atoms with Crippen LogP contribution in [0.5, 0.6) is 0 Å². The van der Waals surface area contributed by atoms with Gasteiger partial charge in [0.05, 0.1) is 67.5 Å². The minimum absolute atomic E-state index is 0.411. The van der Waals surface area contributed by atoms with Gasteiger partial charge in [-0.25, -0.2) is 19.9 Å². The molecule has 13 rings (SSSR count). The molecule has 7 heterocycles. The minimum Gasteiger partial charge on any atom is -0.290 e. The maximum atomic E-state index is 10.4.